The standard InChI is InChI=1S/C10H21NO2/c1-5-8(7(3)4)11-9(6-2)10(12)13/h7-9,11H,5-6H2,1-4H3,(H,12,13). The Morgan fingerprint density at radius 2 is 1.85 bits per heavy atom. The van der Waals surface area contributed by atoms with E-state index in [4.69, 9.17) is 5.11 Å². The van der Waals surface area contributed by atoms with Crippen molar-refractivity contribution >= 4 is 5.97 Å². The number of aliphatic carboxylic acids is 1. The van der Waals surface area contributed by atoms with E-state index in [1.54, 1.807) is 0 Å². The van der Waals surface area contributed by atoms with E-state index in [1.165, 1.54) is 0 Å². The summed E-state index contributed by atoms with van der Waals surface area (Å²) in [6.07, 6.45) is 1.61. The molecule has 2 atom stereocenters. The van der Waals surface area contributed by atoms with Crippen LogP contribution in [0.25, 0.3) is 0 Å². The number of carbonyl (C=O) groups is 1. The number of nitrogens with one attached hydrogen (secondary N) is 1. The van der Waals surface area contributed by atoms with Crippen LogP contribution in [0.2, 0.25) is 0 Å². The maximum Gasteiger partial charge on any atom is 0.320 e. The minimum atomic E-state index is -0.749. The molecule has 0 aromatic heterocycles. The van der Waals surface area contributed by atoms with Crippen molar-refractivity contribution in [2.75, 3.05) is 0 Å². The molecule has 2 unspecified atom stereocenters. The predicted molar refractivity (Wildman–Crippen MR) is 53.8 cm³/mol. The second-order valence-electron chi connectivity index (χ2n) is 3.72. The molecule has 0 saturated heterocycles. The Labute approximate surface area is 80.5 Å². The molecule has 0 heterocycles. The van der Waals surface area contributed by atoms with E-state index in [0.29, 0.717) is 18.4 Å². The second-order valence-corrected chi connectivity index (χ2v) is 3.72. The lowest BCUT2D eigenvalue weighted by atomic mass is 10.0. The highest BCUT2D eigenvalue weighted by Gasteiger charge is 2.20. The summed E-state index contributed by atoms with van der Waals surface area (Å²) in [4.78, 5) is 10.7. The van der Waals surface area contributed by atoms with Crippen LogP contribution in [0.3, 0.4) is 0 Å². The first kappa shape index (κ1) is 12.4. The van der Waals surface area contributed by atoms with Gasteiger partial charge in [-0.1, -0.05) is 27.7 Å². The minimum Gasteiger partial charge on any atom is -0.480 e. The third-order valence-corrected chi connectivity index (χ3v) is 2.37. The smallest absolute Gasteiger partial charge is 0.320 e. The minimum absolute atomic E-state index is 0.307. The van der Waals surface area contributed by atoms with Gasteiger partial charge in [0.25, 0.3) is 0 Å². The summed E-state index contributed by atoms with van der Waals surface area (Å²) in [7, 11) is 0. The molecule has 0 aliphatic carbocycles. The van der Waals surface area contributed by atoms with Gasteiger partial charge in [0.15, 0.2) is 0 Å². The average Bonchev–Trinajstić information content (AvgIpc) is 2.05. The maximum absolute atomic E-state index is 10.7. The summed E-state index contributed by atoms with van der Waals surface area (Å²) in [6, 6.07) is -0.0894. The number of hydrogen-bond donors (Lipinski definition) is 2. The summed E-state index contributed by atoms with van der Waals surface area (Å²) < 4.78 is 0. The van der Waals surface area contributed by atoms with E-state index in [9.17, 15) is 4.79 Å². The Morgan fingerprint density at radius 3 is 2.08 bits per heavy atom. The zero-order valence-electron chi connectivity index (χ0n) is 9.00. The number of carboxylic acids is 1. The molecule has 0 aromatic rings. The van der Waals surface area contributed by atoms with Crippen LogP contribution in [0.1, 0.15) is 40.5 Å². The van der Waals surface area contributed by atoms with Gasteiger partial charge in [-0.2, -0.15) is 0 Å². The molecular formula is C10H21NO2. The van der Waals surface area contributed by atoms with Gasteiger partial charge in [0.1, 0.15) is 6.04 Å². The summed E-state index contributed by atoms with van der Waals surface area (Å²) in [5, 5.41) is 12.0. The topological polar surface area (TPSA) is 49.3 Å². The van der Waals surface area contributed by atoms with E-state index in [0.717, 1.165) is 6.42 Å². The van der Waals surface area contributed by atoms with Gasteiger partial charge < -0.3 is 10.4 Å². The van der Waals surface area contributed by atoms with Crippen LogP contribution in [0, 0.1) is 5.92 Å². The van der Waals surface area contributed by atoms with E-state index in [-0.39, 0.29) is 0 Å². The van der Waals surface area contributed by atoms with Crippen molar-refractivity contribution < 1.29 is 9.90 Å². The van der Waals surface area contributed by atoms with Crippen molar-refractivity contribution in [2.24, 2.45) is 5.92 Å². The molecule has 0 saturated carbocycles. The molecule has 0 spiro atoms. The molecule has 0 fully saturated rings. The fraction of sp³-hybridized carbons (Fsp3) is 0.900. The molecule has 0 radical (unpaired) electrons. The monoisotopic (exact) mass is 187 g/mol. The SMILES string of the molecule is CCC(NC(CC)C(C)C)C(=O)O. The predicted octanol–water partition coefficient (Wildman–Crippen LogP) is 1.87. The van der Waals surface area contributed by atoms with Crippen LogP contribution in [0.5, 0.6) is 0 Å². The lowest BCUT2D eigenvalue weighted by Crippen LogP contribution is -2.45. The molecular weight excluding hydrogens is 166 g/mol. The molecule has 0 rings (SSSR count). The Hall–Kier alpha value is -0.570. The lowest BCUT2D eigenvalue weighted by molar-refractivity contribution is -0.139. The van der Waals surface area contributed by atoms with E-state index >= 15 is 0 Å². The van der Waals surface area contributed by atoms with Crippen LogP contribution in [0.15, 0.2) is 0 Å². The van der Waals surface area contributed by atoms with Crippen LogP contribution in [-0.4, -0.2) is 23.2 Å². The molecule has 0 amide bonds. The third kappa shape index (κ3) is 4.27. The van der Waals surface area contributed by atoms with Crippen molar-refractivity contribution in [3.8, 4) is 0 Å². The Balaban J connectivity index is 4.11. The Kier molecular flexibility index (Phi) is 5.71. The van der Waals surface area contributed by atoms with Crippen LogP contribution < -0.4 is 5.32 Å². The van der Waals surface area contributed by atoms with Gasteiger partial charge >= 0.3 is 5.97 Å². The molecule has 78 valence electrons. The largest absolute Gasteiger partial charge is 0.480 e. The average molecular weight is 187 g/mol. The molecule has 3 nitrogen and oxygen atoms in total. The van der Waals surface area contributed by atoms with Crippen LogP contribution >= 0.6 is 0 Å². The molecule has 13 heavy (non-hydrogen) atoms. The van der Waals surface area contributed by atoms with Crippen LogP contribution in [-0.2, 0) is 4.79 Å². The van der Waals surface area contributed by atoms with E-state index < -0.39 is 12.0 Å². The highest BCUT2D eigenvalue weighted by Crippen LogP contribution is 2.07. The third-order valence-electron chi connectivity index (χ3n) is 2.37. The van der Waals surface area contributed by atoms with Crippen molar-refractivity contribution in [1.82, 2.24) is 5.32 Å². The van der Waals surface area contributed by atoms with Gasteiger partial charge in [0.2, 0.25) is 0 Å². The van der Waals surface area contributed by atoms with Gasteiger partial charge in [-0.15, -0.1) is 0 Å². The summed E-state index contributed by atoms with van der Waals surface area (Å²) >= 11 is 0. The molecule has 3 heteroatoms. The zero-order valence-corrected chi connectivity index (χ0v) is 9.00. The van der Waals surface area contributed by atoms with Crippen molar-refractivity contribution in [3.05, 3.63) is 0 Å². The highest BCUT2D eigenvalue weighted by molar-refractivity contribution is 5.73. The van der Waals surface area contributed by atoms with E-state index in [1.807, 2.05) is 6.92 Å². The van der Waals surface area contributed by atoms with Crippen molar-refractivity contribution in [3.63, 3.8) is 0 Å². The first-order valence-corrected chi connectivity index (χ1v) is 5.01. The summed E-state index contributed by atoms with van der Waals surface area (Å²) in [6.45, 7) is 8.18. The molecule has 0 aromatic carbocycles. The van der Waals surface area contributed by atoms with Crippen molar-refractivity contribution in [1.29, 1.82) is 0 Å². The fourth-order valence-electron chi connectivity index (χ4n) is 1.40. The van der Waals surface area contributed by atoms with Gasteiger partial charge in [-0.25, -0.2) is 0 Å². The first-order chi connectivity index (χ1) is 6.02. The van der Waals surface area contributed by atoms with Gasteiger partial charge in [0.05, 0.1) is 0 Å². The molecule has 0 bridgehead atoms. The maximum atomic E-state index is 10.7. The number of carboxylic acid groups (broad SMARTS) is 1. The zero-order chi connectivity index (χ0) is 10.4. The molecule has 2 N–H and O–H groups in total. The Bertz CT molecular complexity index is 157. The van der Waals surface area contributed by atoms with Gasteiger partial charge in [-0.3, -0.25) is 4.79 Å². The quantitative estimate of drug-likeness (QED) is 0.667. The van der Waals surface area contributed by atoms with Gasteiger partial charge in [0, 0.05) is 6.04 Å². The normalized spacial score (nSPS) is 15.8. The van der Waals surface area contributed by atoms with Crippen LogP contribution in [0.4, 0.5) is 0 Å². The number of rotatable bonds is 6. The fourth-order valence-corrected chi connectivity index (χ4v) is 1.40. The van der Waals surface area contributed by atoms with Crippen molar-refractivity contribution in [2.45, 2.75) is 52.6 Å². The summed E-state index contributed by atoms with van der Waals surface area (Å²) in [5.74, 6) is -0.264. The lowest BCUT2D eigenvalue weighted by Gasteiger charge is -2.24. The van der Waals surface area contributed by atoms with Gasteiger partial charge in [-0.05, 0) is 18.8 Å². The molecule has 0 aliphatic rings. The highest BCUT2D eigenvalue weighted by atomic mass is 16.4. The summed E-state index contributed by atoms with van der Waals surface area (Å²) in [5.41, 5.74) is 0. The number of hydrogen-bond acceptors (Lipinski definition) is 2. The molecule has 0 aliphatic heterocycles. The second kappa shape index (κ2) is 5.97. The Morgan fingerprint density at radius 1 is 1.31 bits per heavy atom. The van der Waals surface area contributed by atoms with E-state index in [2.05, 4.69) is 26.1 Å². The first-order valence-electron chi connectivity index (χ1n) is 5.01.